The predicted molar refractivity (Wildman–Crippen MR) is 59.9 cm³/mol. The van der Waals surface area contributed by atoms with E-state index in [2.05, 4.69) is 29.2 Å². The quantitative estimate of drug-likeness (QED) is 0.662. The first-order chi connectivity index (χ1) is 7.18. The van der Waals surface area contributed by atoms with E-state index in [9.17, 15) is 4.79 Å². The Balaban J connectivity index is 1.94. The third-order valence-electron chi connectivity index (χ3n) is 3.63. The molecule has 15 heavy (non-hydrogen) atoms. The van der Waals surface area contributed by atoms with E-state index < -0.39 is 0 Å². The molecule has 0 saturated carbocycles. The summed E-state index contributed by atoms with van der Waals surface area (Å²) in [5, 5.41) is 3.30. The van der Waals surface area contributed by atoms with Crippen LogP contribution in [0.15, 0.2) is 0 Å². The average Bonchev–Trinajstić information content (AvgIpc) is 2.65. The van der Waals surface area contributed by atoms with E-state index in [1.807, 2.05) is 0 Å². The summed E-state index contributed by atoms with van der Waals surface area (Å²) in [5.41, 5.74) is 0. The highest BCUT2D eigenvalue weighted by molar-refractivity contribution is 5.87. The molecule has 1 N–H and O–H groups in total. The van der Waals surface area contributed by atoms with Crippen molar-refractivity contribution in [2.75, 3.05) is 46.8 Å². The molecular formula is C11H21N3O. The second-order valence-corrected chi connectivity index (χ2v) is 4.85. The number of nitrogens with zero attached hydrogens (tertiary/aromatic N) is 2. The van der Waals surface area contributed by atoms with Crippen LogP contribution in [0.2, 0.25) is 0 Å². The van der Waals surface area contributed by atoms with Crippen molar-refractivity contribution in [1.29, 1.82) is 0 Å². The number of ketones is 1. The first-order valence-corrected chi connectivity index (χ1v) is 5.81. The molecule has 0 aromatic carbocycles. The SMILES string of the molecule is CN1CCC(C(=O)C2CNCCN2C)C1. The van der Waals surface area contributed by atoms with Crippen LogP contribution < -0.4 is 5.32 Å². The summed E-state index contributed by atoms with van der Waals surface area (Å²) >= 11 is 0. The van der Waals surface area contributed by atoms with Gasteiger partial charge < -0.3 is 10.2 Å². The van der Waals surface area contributed by atoms with Crippen LogP contribution in [0.4, 0.5) is 0 Å². The lowest BCUT2D eigenvalue weighted by atomic mass is 9.95. The Kier molecular flexibility index (Phi) is 3.38. The number of hydrogen-bond acceptors (Lipinski definition) is 4. The Morgan fingerprint density at radius 3 is 2.73 bits per heavy atom. The third kappa shape index (κ3) is 2.38. The van der Waals surface area contributed by atoms with Crippen LogP contribution in [0.25, 0.3) is 0 Å². The molecule has 0 bridgehead atoms. The average molecular weight is 211 g/mol. The lowest BCUT2D eigenvalue weighted by Crippen LogP contribution is -2.54. The number of nitrogens with one attached hydrogen (secondary N) is 1. The molecule has 4 heteroatoms. The molecule has 0 radical (unpaired) electrons. The van der Waals surface area contributed by atoms with Gasteiger partial charge in [0.25, 0.3) is 0 Å². The molecule has 0 amide bonds. The van der Waals surface area contributed by atoms with Crippen LogP contribution in [-0.2, 0) is 4.79 Å². The number of piperazine rings is 1. The minimum Gasteiger partial charge on any atom is -0.313 e. The number of rotatable bonds is 2. The monoisotopic (exact) mass is 211 g/mol. The predicted octanol–water partition coefficient (Wildman–Crippen LogP) is -0.589. The lowest BCUT2D eigenvalue weighted by Gasteiger charge is -2.33. The van der Waals surface area contributed by atoms with Crippen LogP contribution in [0.5, 0.6) is 0 Å². The van der Waals surface area contributed by atoms with Crippen molar-refractivity contribution in [3.05, 3.63) is 0 Å². The normalized spacial score (nSPS) is 34.5. The molecular weight excluding hydrogens is 190 g/mol. The van der Waals surface area contributed by atoms with E-state index in [-0.39, 0.29) is 12.0 Å². The summed E-state index contributed by atoms with van der Waals surface area (Å²) in [6.45, 7) is 4.84. The Morgan fingerprint density at radius 1 is 1.33 bits per heavy atom. The van der Waals surface area contributed by atoms with Gasteiger partial charge >= 0.3 is 0 Å². The van der Waals surface area contributed by atoms with Gasteiger partial charge in [0.1, 0.15) is 0 Å². The van der Waals surface area contributed by atoms with Gasteiger partial charge in [-0.15, -0.1) is 0 Å². The molecule has 2 heterocycles. The fourth-order valence-electron chi connectivity index (χ4n) is 2.56. The molecule has 2 saturated heterocycles. The van der Waals surface area contributed by atoms with E-state index in [4.69, 9.17) is 0 Å². The van der Waals surface area contributed by atoms with Crippen LogP contribution in [-0.4, -0.2) is 68.4 Å². The second kappa shape index (κ2) is 4.60. The standard InChI is InChI=1S/C11H21N3O/c1-13-5-3-9(8-13)11(15)10-7-12-4-6-14(10)2/h9-10,12H,3-8H2,1-2H3. The summed E-state index contributed by atoms with van der Waals surface area (Å²) in [6, 6.07) is 0.107. The first kappa shape index (κ1) is 11.0. The molecule has 86 valence electrons. The van der Waals surface area contributed by atoms with Gasteiger partial charge in [-0.3, -0.25) is 9.69 Å². The molecule has 2 fully saturated rings. The summed E-state index contributed by atoms with van der Waals surface area (Å²) in [4.78, 5) is 16.7. The van der Waals surface area contributed by atoms with Gasteiger partial charge in [-0.05, 0) is 27.1 Å². The van der Waals surface area contributed by atoms with Crippen LogP contribution >= 0.6 is 0 Å². The van der Waals surface area contributed by atoms with E-state index in [1.165, 1.54) is 0 Å². The smallest absolute Gasteiger partial charge is 0.155 e. The number of Topliss-reactive ketones (excluding diaryl/α,β-unsaturated/α-hetero) is 1. The molecule has 2 unspecified atom stereocenters. The van der Waals surface area contributed by atoms with Crippen molar-refractivity contribution in [3.8, 4) is 0 Å². The zero-order valence-corrected chi connectivity index (χ0v) is 9.70. The Hall–Kier alpha value is -0.450. The van der Waals surface area contributed by atoms with E-state index in [0.717, 1.165) is 39.1 Å². The summed E-state index contributed by atoms with van der Waals surface area (Å²) < 4.78 is 0. The number of hydrogen-bond donors (Lipinski definition) is 1. The topological polar surface area (TPSA) is 35.6 Å². The molecule has 2 rings (SSSR count). The van der Waals surface area contributed by atoms with E-state index in [1.54, 1.807) is 0 Å². The van der Waals surface area contributed by atoms with Crippen LogP contribution in [0.3, 0.4) is 0 Å². The Labute approximate surface area is 91.6 Å². The van der Waals surface area contributed by atoms with Crippen molar-refractivity contribution in [2.24, 2.45) is 5.92 Å². The molecule has 2 aliphatic heterocycles. The van der Waals surface area contributed by atoms with Gasteiger partial charge in [0.2, 0.25) is 0 Å². The van der Waals surface area contributed by atoms with Gasteiger partial charge in [0, 0.05) is 32.1 Å². The fourth-order valence-corrected chi connectivity index (χ4v) is 2.56. The number of likely N-dealkylation sites (tertiary alicyclic amines) is 1. The Bertz CT molecular complexity index is 244. The zero-order chi connectivity index (χ0) is 10.8. The zero-order valence-electron chi connectivity index (χ0n) is 9.70. The van der Waals surface area contributed by atoms with E-state index in [0.29, 0.717) is 5.78 Å². The fraction of sp³-hybridized carbons (Fsp3) is 0.909. The van der Waals surface area contributed by atoms with Gasteiger partial charge in [0.15, 0.2) is 5.78 Å². The minimum atomic E-state index is 0.107. The molecule has 4 nitrogen and oxygen atoms in total. The second-order valence-electron chi connectivity index (χ2n) is 4.85. The van der Waals surface area contributed by atoms with Gasteiger partial charge in [-0.25, -0.2) is 0 Å². The Morgan fingerprint density at radius 2 is 2.13 bits per heavy atom. The number of likely N-dealkylation sites (N-methyl/N-ethyl adjacent to an activating group) is 1. The third-order valence-corrected chi connectivity index (χ3v) is 3.63. The molecule has 0 aromatic rings. The van der Waals surface area contributed by atoms with Crippen LogP contribution in [0, 0.1) is 5.92 Å². The van der Waals surface area contributed by atoms with Crippen molar-refractivity contribution in [3.63, 3.8) is 0 Å². The largest absolute Gasteiger partial charge is 0.313 e. The van der Waals surface area contributed by atoms with Crippen molar-refractivity contribution < 1.29 is 4.79 Å². The number of carbonyl (C=O) groups is 1. The lowest BCUT2D eigenvalue weighted by molar-refractivity contribution is -0.127. The van der Waals surface area contributed by atoms with Crippen molar-refractivity contribution in [2.45, 2.75) is 12.5 Å². The maximum Gasteiger partial charge on any atom is 0.155 e. The number of carbonyl (C=O) groups excluding carboxylic acids is 1. The van der Waals surface area contributed by atoms with Crippen LogP contribution in [0.1, 0.15) is 6.42 Å². The molecule has 2 atom stereocenters. The maximum absolute atomic E-state index is 12.2. The molecule has 2 aliphatic rings. The molecule has 0 aromatic heterocycles. The highest BCUT2D eigenvalue weighted by Gasteiger charge is 2.34. The van der Waals surface area contributed by atoms with Gasteiger partial charge in [-0.1, -0.05) is 0 Å². The van der Waals surface area contributed by atoms with Gasteiger partial charge in [0.05, 0.1) is 6.04 Å². The highest BCUT2D eigenvalue weighted by atomic mass is 16.1. The molecule has 0 aliphatic carbocycles. The summed E-state index contributed by atoms with van der Waals surface area (Å²) in [5.74, 6) is 0.705. The van der Waals surface area contributed by atoms with Crippen molar-refractivity contribution >= 4 is 5.78 Å². The summed E-state index contributed by atoms with van der Waals surface area (Å²) in [7, 11) is 4.15. The van der Waals surface area contributed by atoms with Gasteiger partial charge in [-0.2, -0.15) is 0 Å². The maximum atomic E-state index is 12.2. The van der Waals surface area contributed by atoms with E-state index >= 15 is 0 Å². The molecule has 0 spiro atoms. The van der Waals surface area contributed by atoms with Crippen molar-refractivity contribution in [1.82, 2.24) is 15.1 Å². The minimum absolute atomic E-state index is 0.107. The highest BCUT2D eigenvalue weighted by Crippen LogP contribution is 2.19. The summed E-state index contributed by atoms with van der Waals surface area (Å²) in [6.07, 6.45) is 1.04. The first-order valence-electron chi connectivity index (χ1n) is 5.81.